The molecule has 0 atom stereocenters. The molecule has 2 rings (SSSR count). The molecule has 14 heavy (non-hydrogen) atoms. The summed E-state index contributed by atoms with van der Waals surface area (Å²) < 4.78 is 0. The van der Waals surface area contributed by atoms with Gasteiger partial charge in [-0.3, -0.25) is 0 Å². The zero-order chi connectivity index (χ0) is 9.97. The second-order valence-electron chi connectivity index (χ2n) is 2.91. The summed E-state index contributed by atoms with van der Waals surface area (Å²) in [4.78, 5) is 3.97. The number of aromatic hydroxyl groups is 1. The van der Waals surface area contributed by atoms with Gasteiger partial charge in [-0.2, -0.15) is 0 Å². The van der Waals surface area contributed by atoms with Crippen LogP contribution >= 0.6 is 22.9 Å². The van der Waals surface area contributed by atoms with E-state index >= 15 is 0 Å². The van der Waals surface area contributed by atoms with Crippen LogP contribution in [0.3, 0.4) is 0 Å². The summed E-state index contributed by atoms with van der Waals surface area (Å²) in [5.41, 5.74) is 1.10. The molecule has 4 heteroatoms. The van der Waals surface area contributed by atoms with E-state index in [9.17, 15) is 0 Å². The van der Waals surface area contributed by atoms with E-state index in [1.165, 1.54) is 11.3 Å². The van der Waals surface area contributed by atoms with Gasteiger partial charge in [0.05, 0.1) is 5.38 Å². The number of nitrogens with zero attached hydrogens (tertiary/aromatic N) is 1. The van der Waals surface area contributed by atoms with Crippen LogP contribution in [0.4, 0.5) is 0 Å². The summed E-state index contributed by atoms with van der Waals surface area (Å²) in [6, 6.07) is 7.64. The van der Waals surface area contributed by atoms with Crippen molar-refractivity contribution in [3.8, 4) is 5.88 Å². The SMILES string of the molecule is Oc1csc(Cc2cccc(Cl)c2)n1. The third-order valence-electron chi connectivity index (χ3n) is 1.78. The maximum atomic E-state index is 9.06. The van der Waals surface area contributed by atoms with Gasteiger partial charge in [0.1, 0.15) is 5.01 Å². The first-order chi connectivity index (χ1) is 6.74. The number of rotatable bonds is 2. The molecule has 1 N–H and O–H groups in total. The normalized spacial score (nSPS) is 10.4. The maximum absolute atomic E-state index is 9.06. The molecule has 0 saturated carbocycles. The van der Waals surface area contributed by atoms with Crippen LogP contribution in [0.1, 0.15) is 10.6 Å². The van der Waals surface area contributed by atoms with Crippen molar-refractivity contribution in [2.75, 3.05) is 0 Å². The summed E-state index contributed by atoms with van der Waals surface area (Å²) in [7, 11) is 0. The van der Waals surface area contributed by atoms with E-state index in [2.05, 4.69) is 4.98 Å². The van der Waals surface area contributed by atoms with Gasteiger partial charge in [-0.1, -0.05) is 23.7 Å². The summed E-state index contributed by atoms with van der Waals surface area (Å²) >= 11 is 7.30. The zero-order valence-electron chi connectivity index (χ0n) is 7.27. The third kappa shape index (κ3) is 2.25. The van der Waals surface area contributed by atoms with Crippen molar-refractivity contribution in [2.24, 2.45) is 0 Å². The molecule has 1 heterocycles. The van der Waals surface area contributed by atoms with E-state index in [1.807, 2.05) is 24.3 Å². The number of halogens is 1. The predicted molar refractivity (Wildman–Crippen MR) is 58.0 cm³/mol. The van der Waals surface area contributed by atoms with Gasteiger partial charge in [0, 0.05) is 11.4 Å². The Hall–Kier alpha value is -1.06. The van der Waals surface area contributed by atoms with E-state index in [0.29, 0.717) is 6.42 Å². The molecule has 0 amide bonds. The Morgan fingerprint density at radius 2 is 2.29 bits per heavy atom. The molecular formula is C10H8ClNOS. The van der Waals surface area contributed by atoms with E-state index in [-0.39, 0.29) is 5.88 Å². The molecule has 72 valence electrons. The lowest BCUT2D eigenvalue weighted by Gasteiger charge is -1.97. The average molecular weight is 226 g/mol. The minimum absolute atomic E-state index is 0.0898. The molecule has 0 spiro atoms. The van der Waals surface area contributed by atoms with E-state index in [4.69, 9.17) is 16.7 Å². The highest BCUT2D eigenvalue weighted by Crippen LogP contribution is 2.19. The number of thiazole rings is 1. The quantitative estimate of drug-likeness (QED) is 0.852. The fraction of sp³-hybridized carbons (Fsp3) is 0.100. The lowest BCUT2D eigenvalue weighted by atomic mass is 10.2. The molecule has 0 aliphatic rings. The van der Waals surface area contributed by atoms with Crippen molar-refractivity contribution in [1.29, 1.82) is 0 Å². The molecular weight excluding hydrogens is 218 g/mol. The Labute approximate surface area is 90.8 Å². The molecule has 0 radical (unpaired) electrons. The molecule has 0 aliphatic carbocycles. The zero-order valence-corrected chi connectivity index (χ0v) is 8.85. The third-order valence-corrected chi connectivity index (χ3v) is 2.86. The highest BCUT2D eigenvalue weighted by molar-refractivity contribution is 7.09. The van der Waals surface area contributed by atoms with Gasteiger partial charge in [-0.25, -0.2) is 4.98 Å². The Kier molecular flexibility index (Phi) is 2.70. The summed E-state index contributed by atoms with van der Waals surface area (Å²) in [5.74, 6) is 0.0898. The maximum Gasteiger partial charge on any atom is 0.222 e. The Balaban J connectivity index is 2.18. The van der Waals surface area contributed by atoms with Gasteiger partial charge in [0.15, 0.2) is 0 Å². The van der Waals surface area contributed by atoms with Gasteiger partial charge in [0.25, 0.3) is 0 Å². The largest absolute Gasteiger partial charge is 0.493 e. The smallest absolute Gasteiger partial charge is 0.222 e. The lowest BCUT2D eigenvalue weighted by Crippen LogP contribution is -1.85. The molecule has 0 unspecified atom stereocenters. The lowest BCUT2D eigenvalue weighted by molar-refractivity contribution is 0.456. The van der Waals surface area contributed by atoms with Crippen molar-refractivity contribution in [3.63, 3.8) is 0 Å². The van der Waals surface area contributed by atoms with Crippen LogP contribution in [0, 0.1) is 0 Å². The van der Waals surface area contributed by atoms with Crippen LogP contribution in [0.15, 0.2) is 29.6 Å². The van der Waals surface area contributed by atoms with Crippen LogP contribution in [0.2, 0.25) is 5.02 Å². The fourth-order valence-corrected chi connectivity index (χ4v) is 2.11. The van der Waals surface area contributed by atoms with Crippen molar-refractivity contribution in [1.82, 2.24) is 4.98 Å². The minimum Gasteiger partial charge on any atom is -0.493 e. The van der Waals surface area contributed by atoms with Crippen LogP contribution in [0.5, 0.6) is 5.88 Å². The van der Waals surface area contributed by atoms with Gasteiger partial charge in [-0.15, -0.1) is 11.3 Å². The molecule has 0 bridgehead atoms. The molecule has 2 nitrogen and oxygen atoms in total. The minimum atomic E-state index is 0.0898. The van der Waals surface area contributed by atoms with Gasteiger partial charge in [-0.05, 0) is 17.7 Å². The number of benzene rings is 1. The van der Waals surface area contributed by atoms with Crippen molar-refractivity contribution in [2.45, 2.75) is 6.42 Å². The van der Waals surface area contributed by atoms with Crippen LogP contribution in [-0.4, -0.2) is 10.1 Å². The summed E-state index contributed by atoms with van der Waals surface area (Å²) in [6.07, 6.45) is 0.714. The standard InChI is InChI=1S/C10H8ClNOS/c11-8-3-1-2-7(4-8)5-10-12-9(13)6-14-10/h1-4,6,13H,5H2. The Morgan fingerprint density at radius 3 is 2.93 bits per heavy atom. The topological polar surface area (TPSA) is 33.1 Å². The Bertz CT molecular complexity index is 441. The van der Waals surface area contributed by atoms with E-state index in [1.54, 1.807) is 5.38 Å². The fourth-order valence-electron chi connectivity index (χ4n) is 1.20. The summed E-state index contributed by atoms with van der Waals surface area (Å²) in [5, 5.41) is 12.3. The first kappa shape index (κ1) is 9.49. The van der Waals surface area contributed by atoms with Crippen molar-refractivity contribution >= 4 is 22.9 Å². The highest BCUT2D eigenvalue weighted by atomic mass is 35.5. The van der Waals surface area contributed by atoms with Crippen LogP contribution in [-0.2, 0) is 6.42 Å². The monoisotopic (exact) mass is 225 g/mol. The number of hydrogen-bond acceptors (Lipinski definition) is 3. The number of aromatic nitrogens is 1. The first-order valence-electron chi connectivity index (χ1n) is 4.12. The van der Waals surface area contributed by atoms with E-state index < -0.39 is 0 Å². The van der Waals surface area contributed by atoms with Crippen molar-refractivity contribution < 1.29 is 5.11 Å². The Morgan fingerprint density at radius 1 is 1.43 bits per heavy atom. The number of hydrogen-bond donors (Lipinski definition) is 1. The predicted octanol–water partition coefficient (Wildman–Crippen LogP) is 3.09. The molecule has 1 aromatic carbocycles. The second-order valence-corrected chi connectivity index (χ2v) is 4.29. The second kappa shape index (κ2) is 3.98. The highest BCUT2D eigenvalue weighted by Gasteiger charge is 2.01. The first-order valence-corrected chi connectivity index (χ1v) is 5.37. The van der Waals surface area contributed by atoms with Gasteiger partial charge >= 0.3 is 0 Å². The van der Waals surface area contributed by atoms with Crippen molar-refractivity contribution in [3.05, 3.63) is 45.2 Å². The molecule has 0 fully saturated rings. The summed E-state index contributed by atoms with van der Waals surface area (Å²) in [6.45, 7) is 0. The molecule has 2 aromatic rings. The average Bonchev–Trinajstić information content (AvgIpc) is 2.51. The van der Waals surface area contributed by atoms with Gasteiger partial charge < -0.3 is 5.11 Å². The van der Waals surface area contributed by atoms with Crippen LogP contribution in [0.25, 0.3) is 0 Å². The van der Waals surface area contributed by atoms with Gasteiger partial charge in [0.2, 0.25) is 5.88 Å². The van der Waals surface area contributed by atoms with E-state index in [0.717, 1.165) is 15.6 Å². The molecule has 1 aromatic heterocycles. The molecule has 0 saturated heterocycles. The van der Waals surface area contributed by atoms with Crippen LogP contribution < -0.4 is 0 Å². The molecule has 0 aliphatic heterocycles.